The van der Waals surface area contributed by atoms with E-state index in [4.69, 9.17) is 0 Å². The number of benzene rings is 2. The summed E-state index contributed by atoms with van der Waals surface area (Å²) in [5.74, 6) is -1.36. The van der Waals surface area contributed by atoms with Gasteiger partial charge in [-0.3, -0.25) is 13.9 Å². The zero-order valence-electron chi connectivity index (χ0n) is 18.1. The van der Waals surface area contributed by atoms with Crippen molar-refractivity contribution in [2.75, 3.05) is 24.2 Å². The van der Waals surface area contributed by atoms with Crippen molar-refractivity contribution in [2.45, 2.75) is 32.9 Å². The summed E-state index contributed by atoms with van der Waals surface area (Å²) in [5.41, 5.74) is 2.01. The van der Waals surface area contributed by atoms with Gasteiger partial charge in [0.2, 0.25) is 21.8 Å². The minimum Gasteiger partial charge on any atom is -0.357 e. The Morgan fingerprint density at radius 1 is 1.03 bits per heavy atom. The van der Waals surface area contributed by atoms with Crippen molar-refractivity contribution in [3.8, 4) is 0 Å². The molecule has 0 fully saturated rings. The SMILES string of the molecule is CCc1ccc(N(CC(=O)N(Cc2ccc(F)cc2)[C@H](C)C(=O)NC)S(C)(=O)=O)cc1. The van der Waals surface area contributed by atoms with E-state index in [1.165, 1.54) is 36.2 Å². The smallest absolute Gasteiger partial charge is 0.244 e. The van der Waals surface area contributed by atoms with E-state index in [2.05, 4.69) is 5.32 Å². The van der Waals surface area contributed by atoms with Gasteiger partial charge in [-0.15, -0.1) is 0 Å². The Morgan fingerprint density at radius 2 is 1.58 bits per heavy atom. The summed E-state index contributed by atoms with van der Waals surface area (Å²) in [6, 6.07) is 11.6. The second-order valence-electron chi connectivity index (χ2n) is 7.23. The molecule has 0 saturated carbocycles. The fraction of sp³-hybridized carbons (Fsp3) is 0.364. The molecule has 0 aliphatic carbocycles. The Kier molecular flexibility index (Phi) is 8.15. The maximum Gasteiger partial charge on any atom is 0.244 e. The van der Waals surface area contributed by atoms with E-state index >= 15 is 0 Å². The van der Waals surface area contributed by atoms with Gasteiger partial charge >= 0.3 is 0 Å². The van der Waals surface area contributed by atoms with Gasteiger partial charge in [0.25, 0.3) is 0 Å². The summed E-state index contributed by atoms with van der Waals surface area (Å²) in [4.78, 5) is 26.7. The van der Waals surface area contributed by atoms with Crippen LogP contribution in [0.15, 0.2) is 48.5 Å². The Bertz CT molecular complexity index is 1010. The van der Waals surface area contributed by atoms with E-state index < -0.39 is 40.2 Å². The number of aryl methyl sites for hydroxylation is 1. The van der Waals surface area contributed by atoms with Gasteiger partial charge in [0.15, 0.2) is 0 Å². The third-order valence-electron chi connectivity index (χ3n) is 4.99. The molecular weight excluding hydrogens is 421 g/mol. The van der Waals surface area contributed by atoms with Gasteiger partial charge in [-0.1, -0.05) is 31.2 Å². The maximum absolute atomic E-state index is 13.3. The van der Waals surface area contributed by atoms with Gasteiger partial charge in [-0.2, -0.15) is 0 Å². The average molecular weight is 450 g/mol. The van der Waals surface area contributed by atoms with Gasteiger partial charge in [0.05, 0.1) is 11.9 Å². The summed E-state index contributed by atoms with van der Waals surface area (Å²) in [6.07, 6.45) is 1.83. The topological polar surface area (TPSA) is 86.8 Å². The lowest BCUT2D eigenvalue weighted by Gasteiger charge is -2.31. The number of halogens is 1. The van der Waals surface area contributed by atoms with Crippen LogP contribution < -0.4 is 9.62 Å². The van der Waals surface area contributed by atoms with Crippen LogP contribution in [-0.2, 0) is 32.6 Å². The Morgan fingerprint density at radius 3 is 2.06 bits per heavy atom. The first-order valence-corrected chi connectivity index (χ1v) is 11.7. The molecule has 7 nitrogen and oxygen atoms in total. The summed E-state index contributed by atoms with van der Waals surface area (Å²) in [7, 11) is -2.30. The molecule has 2 rings (SSSR count). The zero-order chi connectivity index (χ0) is 23.2. The van der Waals surface area contributed by atoms with Crippen molar-refractivity contribution in [3.63, 3.8) is 0 Å². The van der Waals surface area contributed by atoms with E-state index in [0.717, 1.165) is 22.5 Å². The van der Waals surface area contributed by atoms with Crippen LogP contribution in [0.3, 0.4) is 0 Å². The fourth-order valence-corrected chi connectivity index (χ4v) is 3.94. The van der Waals surface area contributed by atoms with Crippen molar-refractivity contribution >= 4 is 27.5 Å². The van der Waals surface area contributed by atoms with E-state index in [1.54, 1.807) is 31.2 Å². The highest BCUT2D eigenvalue weighted by Gasteiger charge is 2.29. The average Bonchev–Trinajstić information content (AvgIpc) is 2.75. The summed E-state index contributed by atoms with van der Waals surface area (Å²) < 4.78 is 39.1. The first kappa shape index (κ1) is 24.3. The normalized spacial score (nSPS) is 12.2. The van der Waals surface area contributed by atoms with Crippen LogP contribution in [0.2, 0.25) is 0 Å². The Labute approximate surface area is 182 Å². The maximum atomic E-state index is 13.3. The van der Waals surface area contributed by atoms with Crippen LogP contribution in [0.1, 0.15) is 25.0 Å². The van der Waals surface area contributed by atoms with Gasteiger partial charge in [-0.05, 0) is 48.7 Å². The van der Waals surface area contributed by atoms with Crippen LogP contribution in [-0.4, -0.2) is 51.0 Å². The molecule has 0 bridgehead atoms. The molecule has 0 unspecified atom stereocenters. The number of amides is 2. The second kappa shape index (κ2) is 10.4. The number of hydrogen-bond donors (Lipinski definition) is 1. The minimum atomic E-state index is -3.76. The molecule has 0 radical (unpaired) electrons. The van der Waals surface area contributed by atoms with Crippen molar-refractivity contribution in [3.05, 3.63) is 65.5 Å². The van der Waals surface area contributed by atoms with Crippen molar-refractivity contribution < 1.29 is 22.4 Å². The number of sulfonamides is 1. The summed E-state index contributed by atoms with van der Waals surface area (Å²) in [6.45, 7) is 3.11. The number of nitrogens with zero attached hydrogens (tertiary/aromatic N) is 2. The largest absolute Gasteiger partial charge is 0.357 e. The van der Waals surface area contributed by atoms with Crippen molar-refractivity contribution in [1.82, 2.24) is 10.2 Å². The van der Waals surface area contributed by atoms with Crippen molar-refractivity contribution in [1.29, 1.82) is 0 Å². The van der Waals surface area contributed by atoms with Crippen LogP contribution in [0.25, 0.3) is 0 Å². The number of likely N-dealkylation sites (N-methyl/N-ethyl adjacent to an activating group) is 1. The van der Waals surface area contributed by atoms with Crippen LogP contribution in [0.4, 0.5) is 10.1 Å². The molecule has 0 aliphatic heterocycles. The summed E-state index contributed by atoms with van der Waals surface area (Å²) in [5, 5.41) is 2.50. The molecule has 1 atom stereocenters. The van der Waals surface area contributed by atoms with Gasteiger partial charge in [-0.25, -0.2) is 12.8 Å². The first-order valence-electron chi connectivity index (χ1n) is 9.89. The molecule has 168 valence electrons. The first-order chi connectivity index (χ1) is 14.6. The number of carbonyl (C=O) groups excluding carboxylic acids is 2. The van der Waals surface area contributed by atoms with Crippen LogP contribution >= 0.6 is 0 Å². The molecular formula is C22H28FN3O4S. The summed E-state index contributed by atoms with van der Waals surface area (Å²) >= 11 is 0. The van der Waals surface area contributed by atoms with Crippen molar-refractivity contribution in [2.24, 2.45) is 0 Å². The highest BCUT2D eigenvalue weighted by molar-refractivity contribution is 7.92. The second-order valence-corrected chi connectivity index (χ2v) is 9.13. The number of carbonyl (C=O) groups is 2. The lowest BCUT2D eigenvalue weighted by molar-refractivity contribution is -0.139. The Balaban J connectivity index is 2.35. The number of hydrogen-bond acceptors (Lipinski definition) is 4. The molecule has 2 aromatic rings. The molecule has 2 aromatic carbocycles. The molecule has 0 aliphatic rings. The third-order valence-corrected chi connectivity index (χ3v) is 6.13. The number of rotatable bonds is 9. The molecule has 1 N–H and O–H groups in total. The number of anilines is 1. The molecule has 9 heteroatoms. The Hall–Kier alpha value is -2.94. The third kappa shape index (κ3) is 6.52. The number of nitrogens with one attached hydrogen (secondary N) is 1. The van der Waals surface area contributed by atoms with Gasteiger partial charge in [0.1, 0.15) is 18.4 Å². The predicted molar refractivity (Wildman–Crippen MR) is 118 cm³/mol. The molecule has 0 saturated heterocycles. The molecule has 0 spiro atoms. The highest BCUT2D eigenvalue weighted by atomic mass is 32.2. The van der Waals surface area contributed by atoms with Crippen LogP contribution in [0.5, 0.6) is 0 Å². The lowest BCUT2D eigenvalue weighted by atomic mass is 10.1. The van der Waals surface area contributed by atoms with E-state index in [1.807, 2.05) is 6.92 Å². The van der Waals surface area contributed by atoms with E-state index in [9.17, 15) is 22.4 Å². The van der Waals surface area contributed by atoms with Gasteiger partial charge < -0.3 is 10.2 Å². The van der Waals surface area contributed by atoms with E-state index in [-0.39, 0.29) is 6.54 Å². The molecule has 2 amide bonds. The van der Waals surface area contributed by atoms with Gasteiger partial charge in [0, 0.05) is 13.6 Å². The quantitative estimate of drug-likeness (QED) is 0.637. The standard InChI is InChI=1S/C22H28FN3O4S/c1-5-17-8-12-20(13-9-17)26(31(4,29)30)15-21(27)25(16(2)22(28)24-3)14-18-6-10-19(23)11-7-18/h6-13,16H,5,14-15H2,1-4H3,(H,24,28)/t16-/m1/s1. The molecule has 0 heterocycles. The molecule has 31 heavy (non-hydrogen) atoms. The monoisotopic (exact) mass is 449 g/mol. The van der Waals surface area contributed by atoms with E-state index in [0.29, 0.717) is 11.3 Å². The minimum absolute atomic E-state index is 0.0279. The fourth-order valence-electron chi connectivity index (χ4n) is 3.09. The lowest BCUT2D eigenvalue weighted by Crippen LogP contribution is -2.50. The zero-order valence-corrected chi connectivity index (χ0v) is 18.9. The predicted octanol–water partition coefficient (Wildman–Crippen LogP) is 2.32. The highest BCUT2D eigenvalue weighted by Crippen LogP contribution is 2.20. The van der Waals surface area contributed by atoms with Crippen LogP contribution in [0, 0.1) is 5.82 Å². The molecule has 0 aromatic heterocycles.